The molecule has 0 radical (unpaired) electrons. The number of carboxylic acids is 2. The summed E-state index contributed by atoms with van der Waals surface area (Å²) in [6, 6.07) is 0. The molecule has 0 saturated heterocycles. The maximum absolute atomic E-state index is 10.9. The third kappa shape index (κ3) is 3.73. The summed E-state index contributed by atoms with van der Waals surface area (Å²) in [5.74, 6) is -2.47. The summed E-state index contributed by atoms with van der Waals surface area (Å²) in [6.07, 6.45) is -0.546. The highest BCUT2D eigenvalue weighted by Gasteiger charge is 2.36. The molecule has 2 unspecified atom stereocenters. The summed E-state index contributed by atoms with van der Waals surface area (Å²) in [4.78, 5) is 21.4. The molecule has 0 spiro atoms. The van der Waals surface area contributed by atoms with Gasteiger partial charge in [0, 0.05) is 6.56 Å². The Kier molecular flexibility index (Phi) is 6.38. The summed E-state index contributed by atoms with van der Waals surface area (Å²) in [7, 11) is 0.148. The third-order valence-corrected chi connectivity index (χ3v) is 9.52. The zero-order valence-corrected chi connectivity index (χ0v) is 11.0. The van der Waals surface area contributed by atoms with Gasteiger partial charge in [0.2, 0.25) is 0 Å². The van der Waals surface area contributed by atoms with Gasteiger partial charge in [0.25, 0.3) is 0 Å². The summed E-state index contributed by atoms with van der Waals surface area (Å²) in [5, 5.41) is 16.3. The molecule has 0 amide bonds. The van der Waals surface area contributed by atoms with Crippen molar-refractivity contribution >= 4 is 40.5 Å². The number of hydrogen-bond acceptors (Lipinski definition) is 5. The number of carbonyl (C=O) groups is 2. The molecule has 6 nitrogen and oxygen atoms in total. The van der Waals surface area contributed by atoms with Crippen LogP contribution in [0, 0.1) is 0 Å². The predicted octanol–water partition coefficient (Wildman–Crippen LogP) is 0.629. The third-order valence-electron chi connectivity index (χ3n) is 1.69. The molecule has 0 aliphatic carbocycles. The van der Waals surface area contributed by atoms with E-state index in [1.807, 2.05) is 0 Å². The fraction of sp³-hybridized carbons (Fsp3) is 0.667. The van der Waals surface area contributed by atoms with E-state index in [0.717, 1.165) is 0 Å². The van der Waals surface area contributed by atoms with Crippen molar-refractivity contribution in [2.24, 2.45) is 0 Å². The monoisotopic (exact) mass is 276 g/mol. The Hall–Kier alpha value is -0.140. The van der Waals surface area contributed by atoms with Crippen LogP contribution >= 0.6 is 16.8 Å². The molecule has 0 rings (SSSR count). The van der Waals surface area contributed by atoms with Crippen molar-refractivity contribution in [3.05, 3.63) is 0 Å². The highest BCUT2D eigenvalue weighted by atomic mass is 32.9. The average Bonchev–Trinajstić information content (AvgIpc) is 2.19. The lowest BCUT2D eigenvalue weighted by Gasteiger charge is -2.41. The van der Waals surface area contributed by atoms with Crippen molar-refractivity contribution in [1.29, 1.82) is 0 Å². The number of hydrogen-bond donors (Lipinski definition) is 2. The molecular weight excluding hydrogens is 263 g/mol. The van der Waals surface area contributed by atoms with Gasteiger partial charge in [-0.1, -0.05) is 11.8 Å². The van der Waals surface area contributed by atoms with Crippen LogP contribution in [0.1, 0.15) is 6.42 Å². The fourth-order valence-corrected chi connectivity index (χ4v) is 6.63. The molecule has 0 fully saturated rings. The largest absolute Gasteiger partial charge is 0.481 e. The number of rotatable bonds is 7. The van der Waals surface area contributed by atoms with Gasteiger partial charge in [0.05, 0.1) is 20.6 Å². The van der Waals surface area contributed by atoms with E-state index < -0.39 is 40.4 Å². The number of aliphatic carboxylic acids is 2. The molecule has 0 aromatic heterocycles. The predicted molar refractivity (Wildman–Crippen MR) is 62.4 cm³/mol. The molecule has 2 N–H and O–H groups in total. The molecule has 2 atom stereocenters. The van der Waals surface area contributed by atoms with E-state index >= 15 is 0 Å². The van der Waals surface area contributed by atoms with Gasteiger partial charge in [0.15, 0.2) is 5.25 Å². The van der Waals surface area contributed by atoms with Crippen molar-refractivity contribution in [1.82, 2.24) is 0 Å². The van der Waals surface area contributed by atoms with Crippen LogP contribution in [0.3, 0.4) is 0 Å². The molecule has 0 aromatic rings. The SMILES string of the molecule is COS(OC)([PH2]=S)C(CC(=O)O)C(=O)O. The Morgan fingerprint density at radius 1 is 1.40 bits per heavy atom. The van der Waals surface area contributed by atoms with Gasteiger partial charge >= 0.3 is 11.9 Å². The highest BCUT2D eigenvalue weighted by Crippen LogP contribution is 2.64. The molecule has 0 saturated carbocycles. The van der Waals surface area contributed by atoms with Gasteiger partial charge in [-0.05, 0) is 0 Å². The minimum atomic E-state index is -2.43. The van der Waals surface area contributed by atoms with Crippen LogP contribution < -0.4 is 0 Å². The average molecular weight is 276 g/mol. The van der Waals surface area contributed by atoms with Crippen molar-refractivity contribution < 1.29 is 28.2 Å². The first-order valence-electron chi connectivity index (χ1n) is 3.76. The second kappa shape index (κ2) is 6.44. The molecule has 15 heavy (non-hydrogen) atoms. The first kappa shape index (κ1) is 14.9. The quantitative estimate of drug-likeness (QED) is 0.659. The van der Waals surface area contributed by atoms with Crippen LogP contribution in [0.5, 0.6) is 0 Å². The summed E-state index contributed by atoms with van der Waals surface area (Å²) >= 11 is 4.85. The fourth-order valence-electron chi connectivity index (χ4n) is 0.949. The maximum atomic E-state index is 10.9. The second-order valence-electron chi connectivity index (χ2n) is 2.44. The van der Waals surface area contributed by atoms with Crippen molar-refractivity contribution in [2.45, 2.75) is 11.7 Å². The van der Waals surface area contributed by atoms with Crippen LogP contribution in [0.25, 0.3) is 0 Å². The molecule has 0 bridgehead atoms. The lowest BCUT2D eigenvalue weighted by atomic mass is 10.3. The number of carboxylic acid groups (broad SMARTS) is 2. The van der Waals surface area contributed by atoms with Crippen LogP contribution in [0.4, 0.5) is 0 Å². The van der Waals surface area contributed by atoms with Gasteiger partial charge in [0.1, 0.15) is 0 Å². The molecule has 0 aromatic carbocycles. The van der Waals surface area contributed by atoms with E-state index in [2.05, 4.69) is 0 Å². The zero-order chi connectivity index (χ0) is 12.1. The smallest absolute Gasteiger partial charge is 0.326 e. The van der Waals surface area contributed by atoms with E-state index in [1.54, 1.807) is 0 Å². The van der Waals surface area contributed by atoms with Crippen molar-refractivity contribution in [3.63, 3.8) is 0 Å². The van der Waals surface area contributed by atoms with Crippen LogP contribution in [-0.2, 0) is 29.8 Å². The highest BCUT2D eigenvalue weighted by molar-refractivity contribution is 8.73. The summed E-state index contributed by atoms with van der Waals surface area (Å²) in [6.45, 7) is -0.832. The lowest BCUT2D eigenvalue weighted by molar-refractivity contribution is -0.143. The Balaban J connectivity index is 5.08. The van der Waals surface area contributed by atoms with Crippen molar-refractivity contribution in [2.75, 3.05) is 14.2 Å². The molecule has 0 heterocycles. The van der Waals surface area contributed by atoms with Crippen molar-refractivity contribution in [3.8, 4) is 0 Å². The van der Waals surface area contributed by atoms with Gasteiger partial charge in [-0.3, -0.25) is 18.0 Å². The Morgan fingerprint density at radius 2 is 1.87 bits per heavy atom. The molecule has 90 valence electrons. The van der Waals surface area contributed by atoms with Crippen LogP contribution in [0.2, 0.25) is 0 Å². The minimum absolute atomic E-state index is 0.546. The topological polar surface area (TPSA) is 93.1 Å². The zero-order valence-electron chi connectivity index (χ0n) is 8.21. The normalized spacial score (nSPS) is 15.3. The standard InChI is InChI=1S/C6H13O6PS2/c1-11-15(12-2,13-14)4(6(9)10)3-5(7)8/h4H,3,13H2,1-2H3,(H,7,8)(H,9,10). The molecule has 0 aliphatic heterocycles. The van der Waals surface area contributed by atoms with Gasteiger partial charge in [-0.2, -0.15) is 10.2 Å². The first-order valence-corrected chi connectivity index (χ1v) is 8.67. The molecular formula is C6H13O6PS2. The minimum Gasteiger partial charge on any atom is -0.481 e. The Morgan fingerprint density at radius 3 is 2.07 bits per heavy atom. The van der Waals surface area contributed by atoms with E-state index in [9.17, 15) is 9.59 Å². The second-order valence-corrected chi connectivity index (χ2v) is 9.33. The van der Waals surface area contributed by atoms with E-state index in [4.69, 9.17) is 30.4 Å². The van der Waals surface area contributed by atoms with E-state index in [1.165, 1.54) is 14.2 Å². The summed E-state index contributed by atoms with van der Waals surface area (Å²) in [5.41, 5.74) is 0. The molecule has 0 aliphatic rings. The Bertz CT molecular complexity index is 266. The van der Waals surface area contributed by atoms with E-state index in [0.29, 0.717) is 0 Å². The van der Waals surface area contributed by atoms with Crippen LogP contribution in [-0.4, -0.2) is 41.6 Å². The van der Waals surface area contributed by atoms with Crippen LogP contribution in [0.15, 0.2) is 0 Å². The van der Waals surface area contributed by atoms with Gasteiger partial charge in [-0.25, -0.2) is 0 Å². The maximum Gasteiger partial charge on any atom is 0.326 e. The molecule has 9 heteroatoms. The lowest BCUT2D eigenvalue weighted by Crippen LogP contribution is -2.29. The Labute approximate surface area is 94.9 Å². The first-order chi connectivity index (χ1) is 6.93. The summed E-state index contributed by atoms with van der Waals surface area (Å²) < 4.78 is 10.0. The van der Waals surface area contributed by atoms with Gasteiger partial charge < -0.3 is 10.2 Å². The van der Waals surface area contributed by atoms with Gasteiger partial charge in [-0.15, -0.1) is 0 Å². The van der Waals surface area contributed by atoms with E-state index in [-0.39, 0.29) is 0 Å².